The zero-order valence-corrected chi connectivity index (χ0v) is 17.6. The Morgan fingerprint density at radius 2 is 1.66 bits per heavy atom. The van der Waals surface area contributed by atoms with Crippen molar-refractivity contribution in [3.63, 3.8) is 0 Å². The average molecular weight is 427 g/mol. The molecule has 1 atom stereocenters. The van der Waals surface area contributed by atoms with E-state index in [4.69, 9.17) is 9.15 Å². The smallest absolute Gasteiger partial charge is 0.349 e. The van der Waals surface area contributed by atoms with Gasteiger partial charge in [-0.2, -0.15) is 0 Å². The molecule has 0 saturated carbocycles. The molecule has 1 amide bonds. The van der Waals surface area contributed by atoms with Gasteiger partial charge in [0.15, 0.2) is 0 Å². The SMILES string of the molecule is Cc1ccc(C(=O)Oc2ccc3cc(C(=O)NC(C)c4ccccc4)c(=O)oc3c2)cc1. The van der Waals surface area contributed by atoms with Crippen LogP contribution in [-0.2, 0) is 0 Å². The lowest BCUT2D eigenvalue weighted by atomic mass is 10.1. The first kappa shape index (κ1) is 21.1. The Kier molecular flexibility index (Phi) is 5.85. The lowest BCUT2D eigenvalue weighted by Crippen LogP contribution is -2.30. The van der Waals surface area contributed by atoms with Crippen LogP contribution in [0.5, 0.6) is 5.75 Å². The van der Waals surface area contributed by atoms with E-state index in [1.54, 1.807) is 24.3 Å². The fourth-order valence-electron chi connectivity index (χ4n) is 3.27. The van der Waals surface area contributed by atoms with E-state index < -0.39 is 17.5 Å². The highest BCUT2D eigenvalue weighted by atomic mass is 16.5. The highest BCUT2D eigenvalue weighted by Crippen LogP contribution is 2.22. The number of carbonyl (C=O) groups is 2. The van der Waals surface area contributed by atoms with E-state index in [2.05, 4.69) is 5.32 Å². The van der Waals surface area contributed by atoms with Gasteiger partial charge < -0.3 is 14.5 Å². The lowest BCUT2D eigenvalue weighted by molar-refractivity contribution is 0.0734. The topological polar surface area (TPSA) is 85.6 Å². The Morgan fingerprint density at radius 1 is 0.938 bits per heavy atom. The number of aryl methyl sites for hydroxylation is 1. The van der Waals surface area contributed by atoms with Crippen molar-refractivity contribution in [2.24, 2.45) is 0 Å². The first-order valence-electron chi connectivity index (χ1n) is 10.1. The van der Waals surface area contributed by atoms with Gasteiger partial charge in [-0.25, -0.2) is 9.59 Å². The molecule has 32 heavy (non-hydrogen) atoms. The minimum absolute atomic E-state index is 0.0929. The summed E-state index contributed by atoms with van der Waals surface area (Å²) in [6, 6.07) is 22.3. The van der Waals surface area contributed by atoms with E-state index in [0.717, 1.165) is 11.1 Å². The van der Waals surface area contributed by atoms with Gasteiger partial charge in [-0.3, -0.25) is 4.79 Å². The third-order valence-electron chi connectivity index (χ3n) is 5.10. The van der Waals surface area contributed by atoms with Crippen LogP contribution in [0.4, 0.5) is 0 Å². The molecule has 0 radical (unpaired) electrons. The van der Waals surface area contributed by atoms with Crippen LogP contribution in [0.15, 0.2) is 88.1 Å². The van der Waals surface area contributed by atoms with E-state index in [1.807, 2.05) is 56.3 Å². The van der Waals surface area contributed by atoms with Crippen molar-refractivity contribution in [1.29, 1.82) is 0 Å². The minimum Gasteiger partial charge on any atom is -0.423 e. The molecular formula is C26H21NO5. The molecule has 0 aliphatic heterocycles. The van der Waals surface area contributed by atoms with E-state index >= 15 is 0 Å². The van der Waals surface area contributed by atoms with Gasteiger partial charge in [-0.15, -0.1) is 0 Å². The monoisotopic (exact) mass is 427 g/mol. The van der Waals surface area contributed by atoms with Gasteiger partial charge in [-0.1, -0.05) is 48.0 Å². The van der Waals surface area contributed by atoms with E-state index in [9.17, 15) is 14.4 Å². The third kappa shape index (κ3) is 4.59. The molecule has 1 N–H and O–H groups in total. The number of carbonyl (C=O) groups excluding carboxylic acids is 2. The molecule has 160 valence electrons. The average Bonchev–Trinajstić information content (AvgIpc) is 2.79. The molecule has 3 aromatic carbocycles. The lowest BCUT2D eigenvalue weighted by Gasteiger charge is -2.14. The maximum Gasteiger partial charge on any atom is 0.349 e. The molecule has 4 aromatic rings. The summed E-state index contributed by atoms with van der Waals surface area (Å²) < 4.78 is 10.7. The number of benzene rings is 3. The summed E-state index contributed by atoms with van der Waals surface area (Å²) >= 11 is 0. The number of hydrogen-bond donors (Lipinski definition) is 1. The summed E-state index contributed by atoms with van der Waals surface area (Å²) in [5.74, 6) is -0.800. The van der Waals surface area contributed by atoms with Crippen LogP contribution in [-0.4, -0.2) is 11.9 Å². The predicted molar refractivity (Wildman–Crippen MR) is 121 cm³/mol. The van der Waals surface area contributed by atoms with E-state index in [1.165, 1.54) is 12.1 Å². The molecule has 0 saturated heterocycles. The number of hydrogen-bond acceptors (Lipinski definition) is 5. The van der Waals surface area contributed by atoms with Crippen LogP contribution < -0.4 is 15.7 Å². The fourth-order valence-corrected chi connectivity index (χ4v) is 3.27. The summed E-state index contributed by atoms with van der Waals surface area (Å²) in [5.41, 5.74) is 1.73. The van der Waals surface area contributed by atoms with Gasteiger partial charge in [0.05, 0.1) is 11.6 Å². The van der Waals surface area contributed by atoms with Gasteiger partial charge in [0.25, 0.3) is 5.91 Å². The van der Waals surface area contributed by atoms with Crippen molar-refractivity contribution in [1.82, 2.24) is 5.32 Å². The highest BCUT2D eigenvalue weighted by Gasteiger charge is 2.17. The van der Waals surface area contributed by atoms with Crippen molar-refractivity contribution in [2.75, 3.05) is 0 Å². The molecule has 0 spiro atoms. The van der Waals surface area contributed by atoms with Crippen LogP contribution in [0.3, 0.4) is 0 Å². The van der Waals surface area contributed by atoms with Gasteiger partial charge in [0, 0.05) is 11.5 Å². The third-order valence-corrected chi connectivity index (χ3v) is 5.10. The van der Waals surface area contributed by atoms with Crippen molar-refractivity contribution >= 4 is 22.8 Å². The van der Waals surface area contributed by atoms with Gasteiger partial charge in [0.2, 0.25) is 0 Å². The summed E-state index contributed by atoms with van der Waals surface area (Å²) in [4.78, 5) is 37.4. The quantitative estimate of drug-likeness (QED) is 0.281. The van der Waals surface area contributed by atoms with Gasteiger partial charge in [-0.05, 0) is 49.7 Å². The Bertz CT molecular complexity index is 1340. The van der Waals surface area contributed by atoms with Gasteiger partial charge in [0.1, 0.15) is 16.9 Å². The van der Waals surface area contributed by atoms with Crippen LogP contribution >= 0.6 is 0 Å². The second-order valence-electron chi connectivity index (χ2n) is 7.51. The number of nitrogens with one attached hydrogen (secondary N) is 1. The van der Waals surface area contributed by atoms with Crippen molar-refractivity contribution in [3.05, 3.63) is 112 Å². The number of fused-ring (bicyclic) bond motifs is 1. The van der Waals surface area contributed by atoms with E-state index in [0.29, 0.717) is 10.9 Å². The first-order chi connectivity index (χ1) is 15.4. The first-order valence-corrected chi connectivity index (χ1v) is 10.1. The standard InChI is InChI=1S/C26H21NO5/c1-16-8-10-19(11-9-16)25(29)31-21-13-12-20-14-22(26(30)32-23(20)15-21)24(28)27-17(2)18-6-4-3-5-7-18/h3-15,17H,1-2H3,(H,27,28). The molecule has 0 fully saturated rings. The highest BCUT2D eigenvalue weighted by molar-refractivity contribution is 5.97. The Hall–Kier alpha value is -4.19. The molecule has 0 aliphatic carbocycles. The number of rotatable bonds is 5. The Morgan fingerprint density at radius 3 is 2.38 bits per heavy atom. The number of esters is 1. The second kappa shape index (κ2) is 8.89. The molecule has 6 nitrogen and oxygen atoms in total. The maximum atomic E-state index is 12.6. The molecule has 0 aliphatic rings. The molecule has 1 heterocycles. The Labute approximate surface area is 184 Å². The largest absolute Gasteiger partial charge is 0.423 e. The van der Waals surface area contributed by atoms with Crippen LogP contribution in [0.25, 0.3) is 11.0 Å². The van der Waals surface area contributed by atoms with Crippen LogP contribution in [0, 0.1) is 6.92 Å². The van der Waals surface area contributed by atoms with Crippen molar-refractivity contribution in [2.45, 2.75) is 19.9 Å². The molecule has 1 aromatic heterocycles. The summed E-state index contributed by atoms with van der Waals surface area (Å²) in [6.45, 7) is 3.77. The minimum atomic E-state index is -0.766. The van der Waals surface area contributed by atoms with Gasteiger partial charge >= 0.3 is 11.6 Å². The zero-order valence-electron chi connectivity index (χ0n) is 17.6. The fraction of sp³-hybridized carbons (Fsp3) is 0.115. The predicted octanol–water partition coefficient (Wildman–Crippen LogP) is 4.81. The van der Waals surface area contributed by atoms with Crippen LogP contribution in [0.2, 0.25) is 0 Å². The Balaban J connectivity index is 1.54. The van der Waals surface area contributed by atoms with E-state index in [-0.39, 0.29) is 22.9 Å². The normalized spacial score (nSPS) is 11.7. The van der Waals surface area contributed by atoms with Crippen LogP contribution in [0.1, 0.15) is 44.8 Å². The molecule has 4 rings (SSSR count). The second-order valence-corrected chi connectivity index (χ2v) is 7.51. The summed E-state index contributed by atoms with van der Waals surface area (Å²) in [7, 11) is 0. The van der Waals surface area contributed by atoms with Crippen molar-refractivity contribution in [3.8, 4) is 5.75 Å². The number of amides is 1. The maximum absolute atomic E-state index is 12.6. The molecule has 1 unspecified atom stereocenters. The summed E-state index contributed by atoms with van der Waals surface area (Å²) in [5, 5.41) is 3.35. The summed E-state index contributed by atoms with van der Waals surface area (Å²) in [6.07, 6.45) is 0. The molecule has 6 heteroatoms. The molecular weight excluding hydrogens is 406 g/mol. The van der Waals surface area contributed by atoms with Crippen molar-refractivity contribution < 1.29 is 18.7 Å². The zero-order chi connectivity index (χ0) is 22.7. The molecule has 0 bridgehead atoms. The number of ether oxygens (including phenoxy) is 1.